The average Bonchev–Trinajstić information content (AvgIpc) is 2.61. The van der Waals surface area contributed by atoms with Crippen LogP contribution in [0.25, 0.3) is 10.8 Å². The SMILES string of the molecule is COc1ccc(CNc2nnc(C)c3cc(Br)cc(F)c23)c(OC)c1. The molecule has 0 radical (unpaired) electrons. The van der Waals surface area contributed by atoms with E-state index in [1.54, 1.807) is 27.2 Å². The number of nitrogens with zero attached hydrogens (tertiary/aromatic N) is 2. The molecule has 2 aromatic carbocycles. The lowest BCUT2D eigenvalue weighted by atomic mass is 10.1. The molecule has 0 spiro atoms. The van der Waals surface area contributed by atoms with Crippen molar-refractivity contribution >= 4 is 32.5 Å². The predicted octanol–water partition coefficient (Wildman–Crippen LogP) is 4.47. The van der Waals surface area contributed by atoms with Crippen molar-refractivity contribution < 1.29 is 13.9 Å². The van der Waals surface area contributed by atoms with E-state index in [9.17, 15) is 4.39 Å². The first kappa shape index (κ1) is 17.4. The summed E-state index contributed by atoms with van der Waals surface area (Å²) in [5.74, 6) is 1.42. The largest absolute Gasteiger partial charge is 0.497 e. The molecule has 0 aliphatic rings. The van der Waals surface area contributed by atoms with E-state index in [1.165, 1.54) is 6.07 Å². The number of hydrogen-bond acceptors (Lipinski definition) is 5. The first-order valence-electron chi connectivity index (χ1n) is 7.60. The highest BCUT2D eigenvalue weighted by atomic mass is 79.9. The van der Waals surface area contributed by atoms with Crippen LogP contribution < -0.4 is 14.8 Å². The zero-order valence-corrected chi connectivity index (χ0v) is 15.6. The molecule has 0 aliphatic heterocycles. The summed E-state index contributed by atoms with van der Waals surface area (Å²) >= 11 is 3.31. The first-order chi connectivity index (χ1) is 12.0. The third kappa shape index (κ3) is 3.51. The van der Waals surface area contributed by atoms with Crippen LogP contribution in [-0.4, -0.2) is 24.4 Å². The van der Waals surface area contributed by atoms with E-state index >= 15 is 0 Å². The Bertz CT molecular complexity index is 934. The molecule has 0 amide bonds. The van der Waals surface area contributed by atoms with Crippen LogP contribution in [0.1, 0.15) is 11.3 Å². The minimum absolute atomic E-state index is 0.355. The van der Waals surface area contributed by atoms with Gasteiger partial charge in [-0.3, -0.25) is 0 Å². The van der Waals surface area contributed by atoms with Gasteiger partial charge in [-0.25, -0.2) is 4.39 Å². The molecule has 130 valence electrons. The smallest absolute Gasteiger partial charge is 0.159 e. The molecule has 0 unspecified atom stereocenters. The fraction of sp³-hybridized carbons (Fsp3) is 0.222. The van der Waals surface area contributed by atoms with Crippen molar-refractivity contribution in [1.29, 1.82) is 0 Å². The molecule has 3 aromatic rings. The zero-order valence-electron chi connectivity index (χ0n) is 14.1. The van der Waals surface area contributed by atoms with Crippen molar-refractivity contribution in [3.05, 3.63) is 51.9 Å². The van der Waals surface area contributed by atoms with Gasteiger partial charge in [0.2, 0.25) is 0 Å². The van der Waals surface area contributed by atoms with Crippen LogP contribution >= 0.6 is 15.9 Å². The maximum Gasteiger partial charge on any atom is 0.159 e. The Morgan fingerprint density at radius 1 is 1.12 bits per heavy atom. The highest BCUT2D eigenvalue weighted by molar-refractivity contribution is 9.10. The normalized spacial score (nSPS) is 10.8. The van der Waals surface area contributed by atoms with Crippen LogP contribution in [0.15, 0.2) is 34.8 Å². The second kappa shape index (κ2) is 7.23. The van der Waals surface area contributed by atoms with Crippen molar-refractivity contribution in [2.75, 3.05) is 19.5 Å². The van der Waals surface area contributed by atoms with Crippen LogP contribution in [0.2, 0.25) is 0 Å². The van der Waals surface area contributed by atoms with Gasteiger partial charge in [-0.1, -0.05) is 15.9 Å². The summed E-state index contributed by atoms with van der Waals surface area (Å²) < 4.78 is 25.7. The van der Waals surface area contributed by atoms with Gasteiger partial charge in [0.05, 0.1) is 25.3 Å². The molecule has 0 saturated heterocycles. The Hall–Kier alpha value is -2.41. The van der Waals surface area contributed by atoms with Crippen molar-refractivity contribution in [2.24, 2.45) is 0 Å². The second-order valence-corrected chi connectivity index (χ2v) is 6.39. The quantitative estimate of drug-likeness (QED) is 0.678. The van der Waals surface area contributed by atoms with E-state index in [1.807, 2.05) is 18.2 Å². The number of halogens is 2. The van der Waals surface area contributed by atoms with Crippen LogP contribution in [0.3, 0.4) is 0 Å². The molecule has 0 atom stereocenters. The van der Waals surface area contributed by atoms with E-state index < -0.39 is 0 Å². The topological polar surface area (TPSA) is 56.3 Å². The van der Waals surface area contributed by atoms with Gasteiger partial charge in [-0.05, 0) is 31.2 Å². The number of rotatable bonds is 5. The van der Waals surface area contributed by atoms with Crippen LogP contribution in [-0.2, 0) is 6.54 Å². The van der Waals surface area contributed by atoms with Crippen LogP contribution in [0.4, 0.5) is 10.2 Å². The minimum Gasteiger partial charge on any atom is -0.497 e. The van der Waals surface area contributed by atoms with E-state index in [0.717, 1.165) is 5.56 Å². The fourth-order valence-electron chi connectivity index (χ4n) is 2.63. The third-order valence-electron chi connectivity index (χ3n) is 3.92. The summed E-state index contributed by atoms with van der Waals surface area (Å²) in [5, 5.41) is 12.5. The molecule has 0 fully saturated rings. The standard InChI is InChI=1S/C18H17BrFN3O2/c1-10-14-6-12(19)7-15(20)17(14)18(23-22-10)21-9-11-4-5-13(24-2)8-16(11)25-3/h4-8H,9H2,1-3H3,(H,21,23). The number of fused-ring (bicyclic) bond motifs is 1. The van der Waals surface area contributed by atoms with Crippen LogP contribution in [0.5, 0.6) is 11.5 Å². The monoisotopic (exact) mass is 405 g/mol. The second-order valence-electron chi connectivity index (χ2n) is 5.48. The van der Waals surface area contributed by atoms with Gasteiger partial charge in [0.15, 0.2) is 5.82 Å². The summed E-state index contributed by atoms with van der Waals surface area (Å²) in [6, 6.07) is 8.79. The molecule has 0 saturated carbocycles. The van der Waals surface area contributed by atoms with E-state index in [4.69, 9.17) is 9.47 Å². The van der Waals surface area contributed by atoms with Gasteiger partial charge in [0.1, 0.15) is 17.3 Å². The molecule has 1 N–H and O–H groups in total. The van der Waals surface area contributed by atoms with Gasteiger partial charge in [-0.2, -0.15) is 5.10 Å². The number of nitrogens with one attached hydrogen (secondary N) is 1. The van der Waals surface area contributed by atoms with Crippen molar-refractivity contribution in [3.8, 4) is 11.5 Å². The first-order valence-corrected chi connectivity index (χ1v) is 8.39. The Labute approximate surface area is 153 Å². The molecule has 1 aromatic heterocycles. The summed E-state index contributed by atoms with van der Waals surface area (Å²) in [6.07, 6.45) is 0. The molecular weight excluding hydrogens is 389 g/mol. The number of aryl methyl sites for hydroxylation is 1. The lowest BCUT2D eigenvalue weighted by molar-refractivity contribution is 0.391. The summed E-state index contributed by atoms with van der Waals surface area (Å²) in [7, 11) is 3.19. The van der Waals surface area contributed by atoms with Gasteiger partial charge in [0.25, 0.3) is 0 Å². The summed E-state index contributed by atoms with van der Waals surface area (Å²) in [5.41, 5.74) is 1.57. The maximum absolute atomic E-state index is 14.5. The highest BCUT2D eigenvalue weighted by Crippen LogP contribution is 2.30. The molecule has 3 rings (SSSR count). The fourth-order valence-corrected chi connectivity index (χ4v) is 3.06. The average molecular weight is 406 g/mol. The summed E-state index contributed by atoms with van der Waals surface area (Å²) in [6.45, 7) is 2.22. The van der Waals surface area contributed by atoms with Crippen molar-refractivity contribution in [1.82, 2.24) is 10.2 Å². The molecule has 0 bridgehead atoms. The van der Waals surface area contributed by atoms with Crippen LogP contribution in [0, 0.1) is 12.7 Å². The molecule has 7 heteroatoms. The highest BCUT2D eigenvalue weighted by Gasteiger charge is 2.13. The Morgan fingerprint density at radius 3 is 2.64 bits per heavy atom. The predicted molar refractivity (Wildman–Crippen MR) is 98.8 cm³/mol. The van der Waals surface area contributed by atoms with E-state index in [0.29, 0.717) is 44.8 Å². The summed E-state index contributed by atoms with van der Waals surface area (Å²) in [4.78, 5) is 0. The number of anilines is 1. The van der Waals surface area contributed by atoms with Gasteiger partial charge < -0.3 is 14.8 Å². The molecule has 5 nitrogen and oxygen atoms in total. The Morgan fingerprint density at radius 2 is 1.92 bits per heavy atom. The number of methoxy groups -OCH3 is 2. The van der Waals surface area contributed by atoms with E-state index in [-0.39, 0.29) is 5.82 Å². The van der Waals surface area contributed by atoms with Gasteiger partial charge >= 0.3 is 0 Å². The van der Waals surface area contributed by atoms with E-state index in [2.05, 4.69) is 31.4 Å². The molecule has 0 aliphatic carbocycles. The van der Waals surface area contributed by atoms with Crippen molar-refractivity contribution in [3.63, 3.8) is 0 Å². The number of aromatic nitrogens is 2. The minimum atomic E-state index is -0.355. The number of benzene rings is 2. The Balaban J connectivity index is 1.96. The maximum atomic E-state index is 14.5. The van der Waals surface area contributed by atoms with Crippen molar-refractivity contribution in [2.45, 2.75) is 13.5 Å². The van der Waals surface area contributed by atoms with Gasteiger partial charge in [-0.15, -0.1) is 5.10 Å². The lowest BCUT2D eigenvalue weighted by Gasteiger charge is -2.13. The number of ether oxygens (including phenoxy) is 2. The van der Waals surface area contributed by atoms with Gasteiger partial charge in [0, 0.05) is 28.0 Å². The number of hydrogen-bond donors (Lipinski definition) is 1. The lowest BCUT2D eigenvalue weighted by Crippen LogP contribution is -2.06. The molecule has 25 heavy (non-hydrogen) atoms. The zero-order chi connectivity index (χ0) is 18.0. The molecule has 1 heterocycles. The molecular formula is C18H17BrFN3O2. The third-order valence-corrected chi connectivity index (χ3v) is 4.38. The Kier molecular flexibility index (Phi) is 5.03.